The van der Waals surface area contributed by atoms with Crippen molar-refractivity contribution in [1.29, 1.82) is 0 Å². The average Bonchev–Trinajstić information content (AvgIpc) is 2.76. The van der Waals surface area contributed by atoms with Crippen molar-refractivity contribution in [2.75, 3.05) is 0 Å². The van der Waals surface area contributed by atoms with Crippen molar-refractivity contribution >= 4 is 0 Å². The average molecular weight is 220 g/mol. The zero-order chi connectivity index (χ0) is 10.9. The number of nitrogens with zero attached hydrogens (tertiary/aromatic N) is 4. The third-order valence-electron chi connectivity index (χ3n) is 5.34. The topological polar surface area (TPSA) is 63.1 Å². The van der Waals surface area contributed by atoms with Gasteiger partial charge >= 0.3 is 0 Å². The van der Waals surface area contributed by atoms with Gasteiger partial charge in [0.2, 0.25) is 0 Å². The van der Waals surface area contributed by atoms with Crippen molar-refractivity contribution in [1.82, 2.24) is 0 Å². The van der Waals surface area contributed by atoms with E-state index in [-0.39, 0.29) is 17.5 Å². The predicted molar refractivity (Wildman–Crippen MR) is 56.1 cm³/mol. The van der Waals surface area contributed by atoms with Crippen LogP contribution in [0.2, 0.25) is 0 Å². The van der Waals surface area contributed by atoms with Crippen molar-refractivity contribution in [2.24, 2.45) is 26.7 Å². The molecule has 0 amide bonds. The molecule has 4 aliphatic rings. The molecule has 0 aromatic heterocycles. The van der Waals surface area contributed by atoms with E-state index < -0.39 is 0 Å². The SMILES string of the molecule is C[C@]12[C@@H]3[C@@H]4CC[C@H]1N=[N+]([O-])[C@H]2CC[C@H]3N=N4. The molecule has 4 rings (SSSR count). The first-order valence-electron chi connectivity index (χ1n) is 6.28. The molecule has 16 heavy (non-hydrogen) atoms. The number of hydrogen-bond acceptors (Lipinski definition) is 4. The lowest BCUT2D eigenvalue weighted by Gasteiger charge is -2.46. The summed E-state index contributed by atoms with van der Waals surface area (Å²) in [6.45, 7) is 2.25. The first-order chi connectivity index (χ1) is 7.71. The second-order valence-electron chi connectivity index (χ2n) is 5.86. The van der Waals surface area contributed by atoms with Crippen LogP contribution in [0.5, 0.6) is 0 Å². The number of hydroxylamine groups is 1. The van der Waals surface area contributed by atoms with Crippen LogP contribution in [0.4, 0.5) is 0 Å². The lowest BCUT2D eigenvalue weighted by atomic mass is 9.54. The van der Waals surface area contributed by atoms with Crippen molar-refractivity contribution in [3.63, 3.8) is 0 Å². The Kier molecular flexibility index (Phi) is 1.49. The zero-order valence-corrected chi connectivity index (χ0v) is 9.41. The quantitative estimate of drug-likeness (QED) is 0.455. The van der Waals surface area contributed by atoms with Crippen LogP contribution in [0.1, 0.15) is 32.6 Å². The summed E-state index contributed by atoms with van der Waals surface area (Å²) in [6.07, 6.45) is 4.03. The Morgan fingerprint density at radius 3 is 2.56 bits per heavy atom. The summed E-state index contributed by atoms with van der Waals surface area (Å²) in [5.74, 6) is 0.479. The molecule has 0 saturated heterocycles. The van der Waals surface area contributed by atoms with E-state index in [1.165, 1.54) is 0 Å². The van der Waals surface area contributed by atoms with E-state index in [0.29, 0.717) is 18.0 Å². The van der Waals surface area contributed by atoms with E-state index >= 15 is 0 Å². The summed E-state index contributed by atoms with van der Waals surface area (Å²) in [5.41, 5.74) is 0.0388. The van der Waals surface area contributed by atoms with E-state index in [1.807, 2.05) is 0 Å². The lowest BCUT2D eigenvalue weighted by molar-refractivity contribution is -0.567. The monoisotopic (exact) mass is 220 g/mol. The highest BCUT2D eigenvalue weighted by Gasteiger charge is 2.67. The molecule has 0 spiro atoms. The molecule has 2 saturated carbocycles. The van der Waals surface area contributed by atoms with Crippen LogP contribution < -0.4 is 0 Å². The maximum Gasteiger partial charge on any atom is 0.197 e. The van der Waals surface area contributed by atoms with Crippen LogP contribution >= 0.6 is 0 Å². The van der Waals surface area contributed by atoms with Crippen LogP contribution in [-0.4, -0.2) is 29.0 Å². The van der Waals surface area contributed by atoms with E-state index in [9.17, 15) is 5.21 Å². The van der Waals surface area contributed by atoms with E-state index in [4.69, 9.17) is 0 Å². The Balaban J connectivity index is 1.84. The fraction of sp³-hybridized carbons (Fsp3) is 1.00. The second-order valence-corrected chi connectivity index (χ2v) is 5.86. The van der Waals surface area contributed by atoms with Crippen LogP contribution in [0.15, 0.2) is 15.3 Å². The summed E-state index contributed by atoms with van der Waals surface area (Å²) >= 11 is 0. The zero-order valence-electron chi connectivity index (χ0n) is 9.41. The van der Waals surface area contributed by atoms with Crippen molar-refractivity contribution < 1.29 is 4.86 Å². The van der Waals surface area contributed by atoms with Gasteiger partial charge in [-0.25, -0.2) is 0 Å². The van der Waals surface area contributed by atoms with Crippen LogP contribution in [0, 0.1) is 16.5 Å². The van der Waals surface area contributed by atoms with Crippen LogP contribution in [0.3, 0.4) is 0 Å². The van der Waals surface area contributed by atoms with Crippen molar-refractivity contribution in [3.05, 3.63) is 5.21 Å². The maximum atomic E-state index is 11.9. The molecule has 2 aliphatic heterocycles. The molecule has 0 bridgehead atoms. The van der Waals surface area contributed by atoms with Gasteiger partial charge in [0.1, 0.15) is 6.04 Å². The number of hydrogen-bond donors (Lipinski definition) is 0. The van der Waals surface area contributed by atoms with Crippen LogP contribution in [-0.2, 0) is 0 Å². The minimum atomic E-state index is 0.0388. The molecule has 2 heterocycles. The van der Waals surface area contributed by atoms with Gasteiger partial charge in [0.05, 0.1) is 17.5 Å². The summed E-state index contributed by atoms with van der Waals surface area (Å²) in [7, 11) is 0. The standard InChI is InChI=1S/C11H16N4O/c1-11-8-4-2-6-10(11)7(13-12-6)3-5-9(11)15(16)14-8/h6-10H,2-5H2,1H3/t6-,7+,8+,9-,10+,11-/m0/s1. The molecule has 6 atom stereocenters. The van der Waals surface area contributed by atoms with Crippen molar-refractivity contribution in [3.8, 4) is 0 Å². The Morgan fingerprint density at radius 2 is 1.81 bits per heavy atom. The first-order valence-corrected chi connectivity index (χ1v) is 6.28. The van der Waals surface area contributed by atoms with Gasteiger partial charge in [0.15, 0.2) is 6.04 Å². The summed E-state index contributed by atoms with van der Waals surface area (Å²) in [5, 5.41) is 25.1. The third kappa shape index (κ3) is 0.812. The summed E-state index contributed by atoms with van der Waals surface area (Å²) in [4.78, 5) is 1.00. The molecule has 86 valence electrons. The van der Waals surface area contributed by atoms with Gasteiger partial charge in [-0.1, -0.05) is 11.8 Å². The molecule has 0 N–H and O–H groups in total. The van der Waals surface area contributed by atoms with Gasteiger partial charge in [-0.05, 0) is 24.4 Å². The Bertz CT molecular complexity index is 399. The molecular formula is C11H16N4O. The Morgan fingerprint density at radius 1 is 1.12 bits per heavy atom. The predicted octanol–water partition coefficient (Wildman–Crippen LogP) is 2.11. The highest BCUT2D eigenvalue weighted by molar-refractivity contribution is 5.14. The molecule has 2 fully saturated rings. The largest absolute Gasteiger partial charge is 0.600 e. The molecule has 0 radical (unpaired) electrons. The molecule has 0 aromatic carbocycles. The van der Waals surface area contributed by atoms with E-state index in [1.54, 1.807) is 0 Å². The fourth-order valence-electron chi connectivity index (χ4n) is 4.57. The molecule has 5 nitrogen and oxygen atoms in total. The van der Waals surface area contributed by atoms with Gasteiger partial charge in [-0.2, -0.15) is 10.2 Å². The molecule has 2 aliphatic carbocycles. The molecule has 0 unspecified atom stereocenters. The van der Waals surface area contributed by atoms with Gasteiger partial charge < -0.3 is 5.21 Å². The van der Waals surface area contributed by atoms with Crippen LogP contribution in [0.25, 0.3) is 0 Å². The minimum absolute atomic E-state index is 0.0388. The van der Waals surface area contributed by atoms with Gasteiger partial charge in [-0.15, -0.1) is 0 Å². The Hall–Kier alpha value is -1.00. The second kappa shape index (κ2) is 2.63. The van der Waals surface area contributed by atoms with Gasteiger partial charge in [0.25, 0.3) is 0 Å². The third-order valence-corrected chi connectivity index (χ3v) is 5.34. The highest BCUT2D eigenvalue weighted by Crippen LogP contribution is 2.58. The normalized spacial score (nSPS) is 57.3. The van der Waals surface area contributed by atoms with E-state index in [2.05, 4.69) is 22.3 Å². The molecular weight excluding hydrogens is 204 g/mol. The highest BCUT2D eigenvalue weighted by atomic mass is 16.5. The maximum absolute atomic E-state index is 11.9. The first kappa shape index (κ1) is 9.07. The molecule has 5 heteroatoms. The van der Waals surface area contributed by atoms with Gasteiger partial charge in [0, 0.05) is 12.3 Å². The molecule has 0 aromatic rings. The van der Waals surface area contributed by atoms with Crippen molar-refractivity contribution in [2.45, 2.75) is 56.8 Å². The summed E-state index contributed by atoms with van der Waals surface area (Å²) in [6, 6.07) is 1.05. The number of azo groups is 2. The lowest BCUT2D eigenvalue weighted by Crippen LogP contribution is -2.57. The van der Waals surface area contributed by atoms with Gasteiger partial charge in [-0.3, -0.25) is 0 Å². The Labute approximate surface area is 94.2 Å². The van der Waals surface area contributed by atoms with E-state index in [0.717, 1.165) is 30.5 Å². The minimum Gasteiger partial charge on any atom is -0.600 e. The number of rotatable bonds is 0. The fourth-order valence-corrected chi connectivity index (χ4v) is 4.57. The smallest absolute Gasteiger partial charge is 0.197 e. The summed E-state index contributed by atoms with van der Waals surface area (Å²) < 4.78 is 0.